The molecule has 2 heterocycles. The van der Waals surface area contributed by atoms with Gasteiger partial charge < -0.3 is 14.8 Å². The van der Waals surface area contributed by atoms with E-state index in [9.17, 15) is 0 Å². The molecule has 20 heavy (non-hydrogen) atoms. The van der Waals surface area contributed by atoms with Crippen LogP contribution >= 0.6 is 0 Å². The smallest absolute Gasteiger partial charge is 0.278 e. The molecule has 1 aromatic heterocycles. The first-order valence-corrected chi connectivity index (χ1v) is 7.12. The van der Waals surface area contributed by atoms with Crippen molar-refractivity contribution in [1.82, 2.24) is 15.3 Å². The monoisotopic (exact) mass is 273 g/mol. The van der Waals surface area contributed by atoms with Gasteiger partial charge in [0.05, 0.1) is 17.6 Å². The van der Waals surface area contributed by atoms with E-state index in [0.717, 1.165) is 24.0 Å². The number of hydrogen-bond donors (Lipinski definition) is 1. The van der Waals surface area contributed by atoms with Crippen LogP contribution in [0.25, 0.3) is 11.0 Å². The summed E-state index contributed by atoms with van der Waals surface area (Å²) in [5.74, 6) is 0.962. The van der Waals surface area contributed by atoms with Crippen LogP contribution in [0.5, 0.6) is 11.8 Å². The summed E-state index contributed by atoms with van der Waals surface area (Å²) in [5.41, 5.74) is 1.65. The summed E-state index contributed by atoms with van der Waals surface area (Å²) in [6.45, 7) is 4.15. The zero-order chi connectivity index (χ0) is 13.8. The summed E-state index contributed by atoms with van der Waals surface area (Å²) in [4.78, 5) is 9.00. The number of hydrogen-bond acceptors (Lipinski definition) is 5. The van der Waals surface area contributed by atoms with Crippen LogP contribution in [0.2, 0.25) is 0 Å². The molecule has 1 fully saturated rings. The van der Waals surface area contributed by atoms with Crippen molar-refractivity contribution < 1.29 is 9.47 Å². The largest absolute Gasteiger partial charge is 0.474 e. The molecule has 0 spiro atoms. The van der Waals surface area contributed by atoms with Crippen molar-refractivity contribution in [2.24, 2.45) is 0 Å². The molecule has 1 aliphatic heterocycles. The van der Waals surface area contributed by atoms with Crippen LogP contribution in [0, 0.1) is 0 Å². The first kappa shape index (κ1) is 13.1. The van der Waals surface area contributed by atoms with E-state index < -0.39 is 0 Å². The summed E-state index contributed by atoms with van der Waals surface area (Å²) in [6, 6.07) is 8.14. The van der Waals surface area contributed by atoms with Crippen LogP contribution in [0.4, 0.5) is 0 Å². The number of para-hydroxylation sites is 2. The highest BCUT2D eigenvalue weighted by Crippen LogP contribution is 2.26. The van der Waals surface area contributed by atoms with Crippen molar-refractivity contribution in [3.63, 3.8) is 0 Å². The maximum absolute atomic E-state index is 5.82. The Hall–Kier alpha value is -1.88. The summed E-state index contributed by atoms with van der Waals surface area (Å²) >= 11 is 0. The van der Waals surface area contributed by atoms with Gasteiger partial charge in [-0.2, -0.15) is 0 Å². The Morgan fingerprint density at radius 1 is 1.15 bits per heavy atom. The lowest BCUT2D eigenvalue weighted by molar-refractivity contribution is 0.239. The molecule has 0 saturated carbocycles. The van der Waals surface area contributed by atoms with Gasteiger partial charge in [-0.1, -0.05) is 12.1 Å². The quantitative estimate of drug-likeness (QED) is 0.904. The Kier molecular flexibility index (Phi) is 3.97. The fraction of sp³-hybridized carbons (Fsp3) is 0.467. The second-order valence-corrected chi connectivity index (χ2v) is 4.86. The number of nitrogens with one attached hydrogen (secondary N) is 1. The topological polar surface area (TPSA) is 56.3 Å². The van der Waals surface area contributed by atoms with Gasteiger partial charge >= 0.3 is 0 Å². The molecule has 0 aliphatic carbocycles. The molecular formula is C15H19N3O2. The minimum atomic E-state index is 0.401. The lowest BCUT2D eigenvalue weighted by Crippen LogP contribution is -2.28. The van der Waals surface area contributed by atoms with E-state index in [0.29, 0.717) is 31.0 Å². The maximum Gasteiger partial charge on any atom is 0.278 e. The lowest BCUT2D eigenvalue weighted by atomic mass is 10.2. The van der Waals surface area contributed by atoms with Crippen molar-refractivity contribution >= 4 is 11.0 Å². The van der Waals surface area contributed by atoms with Crippen LogP contribution in [-0.2, 0) is 0 Å². The van der Waals surface area contributed by atoms with E-state index in [2.05, 4.69) is 15.3 Å². The van der Waals surface area contributed by atoms with E-state index in [-0.39, 0.29) is 0 Å². The SMILES string of the molecule is CCOc1nc2ccccc2nc1OC[C@@H]1CCCN1. The third-order valence-electron chi connectivity index (χ3n) is 3.37. The average molecular weight is 273 g/mol. The summed E-state index contributed by atoms with van der Waals surface area (Å²) < 4.78 is 11.4. The van der Waals surface area contributed by atoms with Crippen LogP contribution in [-0.4, -0.2) is 35.8 Å². The van der Waals surface area contributed by atoms with Crippen molar-refractivity contribution in [3.05, 3.63) is 24.3 Å². The Bertz CT molecular complexity index is 582. The molecular weight excluding hydrogens is 254 g/mol. The van der Waals surface area contributed by atoms with Crippen molar-refractivity contribution in [3.8, 4) is 11.8 Å². The maximum atomic E-state index is 5.82. The highest BCUT2D eigenvalue weighted by atomic mass is 16.5. The van der Waals surface area contributed by atoms with Gasteiger partial charge in [0, 0.05) is 6.04 Å². The second-order valence-electron chi connectivity index (χ2n) is 4.86. The Labute approximate surface area is 118 Å². The van der Waals surface area contributed by atoms with Crippen LogP contribution in [0.15, 0.2) is 24.3 Å². The molecule has 1 atom stereocenters. The van der Waals surface area contributed by atoms with Gasteiger partial charge in [0.2, 0.25) is 0 Å². The fourth-order valence-electron chi connectivity index (χ4n) is 2.37. The zero-order valence-corrected chi connectivity index (χ0v) is 11.6. The molecule has 1 N–H and O–H groups in total. The lowest BCUT2D eigenvalue weighted by Gasteiger charge is -2.14. The van der Waals surface area contributed by atoms with Gasteiger partial charge in [0.15, 0.2) is 0 Å². The molecule has 1 aliphatic rings. The number of ether oxygens (including phenoxy) is 2. The zero-order valence-electron chi connectivity index (χ0n) is 11.6. The van der Waals surface area contributed by atoms with Gasteiger partial charge in [-0.3, -0.25) is 0 Å². The third kappa shape index (κ3) is 2.82. The number of rotatable bonds is 5. The number of aromatic nitrogens is 2. The molecule has 3 rings (SSSR count). The van der Waals surface area contributed by atoms with Gasteiger partial charge in [-0.15, -0.1) is 0 Å². The predicted molar refractivity (Wildman–Crippen MR) is 77.2 cm³/mol. The van der Waals surface area contributed by atoms with Crippen LogP contribution in [0.1, 0.15) is 19.8 Å². The van der Waals surface area contributed by atoms with Gasteiger partial charge in [-0.05, 0) is 38.4 Å². The first-order valence-electron chi connectivity index (χ1n) is 7.12. The standard InChI is InChI=1S/C15H19N3O2/c1-2-19-14-15(20-10-11-6-5-9-16-11)18-13-8-4-3-7-12(13)17-14/h3-4,7-8,11,16H,2,5-6,9-10H2,1H3/t11-/m0/s1. The normalized spacial score (nSPS) is 18.4. The van der Waals surface area contributed by atoms with Crippen molar-refractivity contribution in [2.75, 3.05) is 19.8 Å². The highest BCUT2D eigenvalue weighted by Gasteiger charge is 2.17. The molecule has 0 bridgehead atoms. The van der Waals surface area contributed by atoms with E-state index in [4.69, 9.17) is 9.47 Å². The number of benzene rings is 1. The molecule has 1 aromatic carbocycles. The van der Waals surface area contributed by atoms with Gasteiger partial charge in [-0.25, -0.2) is 9.97 Å². The Balaban J connectivity index is 1.84. The van der Waals surface area contributed by atoms with E-state index in [1.807, 2.05) is 31.2 Å². The minimum Gasteiger partial charge on any atom is -0.474 e. The molecule has 1 saturated heterocycles. The van der Waals surface area contributed by atoms with E-state index >= 15 is 0 Å². The van der Waals surface area contributed by atoms with Crippen molar-refractivity contribution in [1.29, 1.82) is 0 Å². The molecule has 0 unspecified atom stereocenters. The molecule has 0 amide bonds. The number of nitrogens with zero attached hydrogens (tertiary/aromatic N) is 2. The van der Waals surface area contributed by atoms with E-state index in [1.54, 1.807) is 0 Å². The number of fused-ring (bicyclic) bond motifs is 1. The first-order chi connectivity index (χ1) is 9.86. The predicted octanol–water partition coefficient (Wildman–Crippen LogP) is 2.16. The Morgan fingerprint density at radius 2 is 1.85 bits per heavy atom. The fourth-order valence-corrected chi connectivity index (χ4v) is 2.37. The molecule has 5 heteroatoms. The minimum absolute atomic E-state index is 0.401. The van der Waals surface area contributed by atoms with E-state index in [1.165, 1.54) is 6.42 Å². The van der Waals surface area contributed by atoms with Gasteiger partial charge in [0.1, 0.15) is 6.61 Å². The molecule has 0 radical (unpaired) electrons. The summed E-state index contributed by atoms with van der Waals surface area (Å²) in [7, 11) is 0. The Morgan fingerprint density at radius 3 is 2.45 bits per heavy atom. The summed E-state index contributed by atoms with van der Waals surface area (Å²) in [5, 5.41) is 3.40. The summed E-state index contributed by atoms with van der Waals surface area (Å²) in [6.07, 6.45) is 2.35. The van der Waals surface area contributed by atoms with Crippen molar-refractivity contribution in [2.45, 2.75) is 25.8 Å². The molecule has 106 valence electrons. The second kappa shape index (κ2) is 6.05. The van der Waals surface area contributed by atoms with Crippen LogP contribution < -0.4 is 14.8 Å². The third-order valence-corrected chi connectivity index (χ3v) is 3.37. The highest BCUT2D eigenvalue weighted by molar-refractivity contribution is 5.75. The average Bonchev–Trinajstić information content (AvgIpc) is 2.98. The molecule has 5 nitrogen and oxygen atoms in total. The van der Waals surface area contributed by atoms with Gasteiger partial charge in [0.25, 0.3) is 11.8 Å². The van der Waals surface area contributed by atoms with Crippen LogP contribution in [0.3, 0.4) is 0 Å². The molecule has 2 aromatic rings.